The van der Waals surface area contributed by atoms with Gasteiger partial charge < -0.3 is 9.47 Å². The second kappa shape index (κ2) is 8.84. The molecule has 1 aromatic heterocycles. The smallest absolute Gasteiger partial charge is 0.268 e. The molecule has 0 spiro atoms. The normalized spacial score (nSPS) is 10.8. The van der Waals surface area contributed by atoms with Crippen LogP contribution in [0, 0.1) is 11.3 Å². The molecule has 1 amide bonds. The van der Waals surface area contributed by atoms with Crippen molar-refractivity contribution in [1.29, 1.82) is 5.26 Å². The summed E-state index contributed by atoms with van der Waals surface area (Å²) in [7, 11) is 3.18. The molecule has 140 valence electrons. The van der Waals surface area contributed by atoms with Crippen molar-refractivity contribution in [2.75, 3.05) is 19.5 Å². The fraction of sp³-hybridized carbons (Fsp3) is 0.0952. The van der Waals surface area contributed by atoms with Gasteiger partial charge in [0.15, 0.2) is 5.13 Å². The molecule has 3 aromatic rings. The first-order valence-corrected chi connectivity index (χ1v) is 9.18. The van der Waals surface area contributed by atoms with Crippen molar-refractivity contribution in [2.24, 2.45) is 0 Å². The van der Waals surface area contributed by atoms with Gasteiger partial charge in [0.05, 0.1) is 19.9 Å². The van der Waals surface area contributed by atoms with Gasteiger partial charge in [0.1, 0.15) is 23.1 Å². The number of nitrogens with one attached hydrogen (secondary N) is 1. The van der Waals surface area contributed by atoms with Gasteiger partial charge in [-0.05, 0) is 35.9 Å². The van der Waals surface area contributed by atoms with E-state index >= 15 is 0 Å². The zero-order valence-corrected chi connectivity index (χ0v) is 16.1. The summed E-state index contributed by atoms with van der Waals surface area (Å²) in [5.74, 6) is 0.920. The van der Waals surface area contributed by atoms with Gasteiger partial charge in [0.25, 0.3) is 5.91 Å². The molecule has 7 heteroatoms. The topological polar surface area (TPSA) is 84.2 Å². The van der Waals surface area contributed by atoms with Crippen LogP contribution < -0.4 is 14.8 Å². The molecule has 0 aliphatic carbocycles. The summed E-state index contributed by atoms with van der Waals surface area (Å²) in [6, 6.07) is 16.5. The van der Waals surface area contributed by atoms with Crippen LogP contribution in [0.1, 0.15) is 5.56 Å². The van der Waals surface area contributed by atoms with Crippen molar-refractivity contribution in [1.82, 2.24) is 4.98 Å². The first-order valence-electron chi connectivity index (χ1n) is 8.30. The van der Waals surface area contributed by atoms with E-state index in [-0.39, 0.29) is 5.57 Å². The van der Waals surface area contributed by atoms with E-state index in [9.17, 15) is 10.1 Å². The van der Waals surface area contributed by atoms with Crippen LogP contribution in [0.3, 0.4) is 0 Å². The molecule has 2 aromatic carbocycles. The predicted octanol–water partition coefficient (Wildman–Crippen LogP) is 4.37. The first kappa shape index (κ1) is 19.1. The third-order valence-corrected chi connectivity index (χ3v) is 4.64. The number of amides is 1. The lowest BCUT2D eigenvalue weighted by Crippen LogP contribution is -2.13. The molecule has 0 atom stereocenters. The average molecular weight is 391 g/mol. The number of hydrogen-bond donors (Lipinski definition) is 1. The highest BCUT2D eigenvalue weighted by Gasteiger charge is 2.13. The number of aromatic nitrogens is 1. The van der Waals surface area contributed by atoms with E-state index in [0.29, 0.717) is 10.9 Å². The number of rotatable bonds is 6. The Morgan fingerprint density at radius 1 is 1.14 bits per heavy atom. The van der Waals surface area contributed by atoms with Gasteiger partial charge in [-0.15, -0.1) is 11.3 Å². The van der Waals surface area contributed by atoms with E-state index in [1.54, 1.807) is 38.5 Å². The fourth-order valence-electron chi connectivity index (χ4n) is 2.43. The van der Waals surface area contributed by atoms with Crippen LogP contribution in [0.25, 0.3) is 17.3 Å². The Bertz CT molecular complexity index is 1050. The van der Waals surface area contributed by atoms with Crippen LogP contribution in [0.4, 0.5) is 5.13 Å². The lowest BCUT2D eigenvalue weighted by atomic mass is 10.1. The molecule has 0 saturated heterocycles. The Kier molecular flexibility index (Phi) is 6.04. The molecule has 0 fully saturated rings. The van der Waals surface area contributed by atoms with Crippen LogP contribution in [0.5, 0.6) is 11.5 Å². The zero-order chi connectivity index (χ0) is 19.9. The molecule has 0 aliphatic rings. The summed E-state index contributed by atoms with van der Waals surface area (Å²) in [4.78, 5) is 16.9. The molecule has 0 bridgehead atoms. The standard InChI is InChI=1S/C21H17N3O3S/c1-26-17-8-6-14(7-9-17)10-16(12-22)20(25)24-21-23-19(13-28-21)15-4-3-5-18(11-15)27-2/h3-11,13H,1-2H3,(H,23,24,25)/b16-10+. The Labute approximate surface area is 166 Å². The summed E-state index contributed by atoms with van der Waals surface area (Å²) < 4.78 is 10.3. The van der Waals surface area contributed by atoms with Crippen molar-refractivity contribution in [3.63, 3.8) is 0 Å². The number of hydrogen-bond acceptors (Lipinski definition) is 6. The molecule has 6 nitrogen and oxygen atoms in total. The zero-order valence-electron chi connectivity index (χ0n) is 15.3. The number of thiazole rings is 1. The van der Waals surface area contributed by atoms with Crippen molar-refractivity contribution in [3.05, 3.63) is 65.0 Å². The van der Waals surface area contributed by atoms with Crippen LogP contribution in [-0.2, 0) is 4.79 Å². The minimum Gasteiger partial charge on any atom is -0.497 e. The van der Waals surface area contributed by atoms with Crippen molar-refractivity contribution in [3.8, 4) is 28.8 Å². The lowest BCUT2D eigenvalue weighted by Gasteiger charge is -2.02. The summed E-state index contributed by atoms with van der Waals surface area (Å²) in [5, 5.41) is 14.3. The third kappa shape index (κ3) is 4.55. The Balaban J connectivity index is 1.75. The third-order valence-electron chi connectivity index (χ3n) is 3.88. The highest BCUT2D eigenvalue weighted by atomic mass is 32.1. The highest BCUT2D eigenvalue weighted by molar-refractivity contribution is 7.14. The van der Waals surface area contributed by atoms with Crippen LogP contribution in [0.15, 0.2) is 59.5 Å². The summed E-state index contributed by atoms with van der Waals surface area (Å²) in [6.07, 6.45) is 1.52. The largest absolute Gasteiger partial charge is 0.497 e. The van der Waals surface area contributed by atoms with E-state index < -0.39 is 5.91 Å². The maximum Gasteiger partial charge on any atom is 0.268 e. The van der Waals surface area contributed by atoms with Gasteiger partial charge in [-0.25, -0.2) is 4.98 Å². The van der Waals surface area contributed by atoms with Gasteiger partial charge in [-0.1, -0.05) is 24.3 Å². The first-order chi connectivity index (χ1) is 13.6. The molecular weight excluding hydrogens is 374 g/mol. The van der Waals surface area contributed by atoms with E-state index in [0.717, 1.165) is 22.6 Å². The Morgan fingerprint density at radius 3 is 2.57 bits per heavy atom. The molecule has 0 radical (unpaired) electrons. The second-order valence-corrected chi connectivity index (χ2v) is 6.53. The van der Waals surface area contributed by atoms with Crippen molar-refractivity contribution < 1.29 is 14.3 Å². The van der Waals surface area contributed by atoms with E-state index in [1.807, 2.05) is 35.7 Å². The average Bonchev–Trinajstić information content (AvgIpc) is 3.20. The van der Waals surface area contributed by atoms with E-state index in [4.69, 9.17) is 9.47 Å². The molecule has 1 heterocycles. The molecule has 0 saturated carbocycles. The molecule has 1 N–H and O–H groups in total. The number of benzene rings is 2. The van der Waals surface area contributed by atoms with Crippen LogP contribution >= 0.6 is 11.3 Å². The van der Waals surface area contributed by atoms with Gasteiger partial charge in [0, 0.05) is 10.9 Å². The highest BCUT2D eigenvalue weighted by Crippen LogP contribution is 2.27. The second-order valence-electron chi connectivity index (χ2n) is 5.67. The van der Waals surface area contributed by atoms with Crippen LogP contribution in [0.2, 0.25) is 0 Å². The Hall–Kier alpha value is -3.63. The molecule has 0 aliphatic heterocycles. The fourth-order valence-corrected chi connectivity index (χ4v) is 3.14. The van der Waals surface area contributed by atoms with Crippen LogP contribution in [-0.4, -0.2) is 25.1 Å². The molecule has 28 heavy (non-hydrogen) atoms. The number of carbonyl (C=O) groups excluding carboxylic acids is 1. The number of methoxy groups -OCH3 is 2. The molecular formula is C21H17N3O3S. The van der Waals surface area contributed by atoms with Crippen molar-refractivity contribution >= 4 is 28.5 Å². The monoisotopic (exact) mass is 391 g/mol. The van der Waals surface area contributed by atoms with E-state index in [1.165, 1.54) is 17.4 Å². The number of nitrogens with zero attached hydrogens (tertiary/aromatic N) is 2. The summed E-state index contributed by atoms with van der Waals surface area (Å²) >= 11 is 1.29. The lowest BCUT2D eigenvalue weighted by molar-refractivity contribution is -0.112. The maximum atomic E-state index is 12.4. The SMILES string of the molecule is COc1ccc(/C=C(\C#N)C(=O)Nc2nc(-c3cccc(OC)c3)cs2)cc1. The maximum absolute atomic E-state index is 12.4. The Morgan fingerprint density at radius 2 is 1.89 bits per heavy atom. The molecule has 0 unspecified atom stereocenters. The predicted molar refractivity (Wildman–Crippen MR) is 109 cm³/mol. The number of nitriles is 1. The minimum atomic E-state index is -0.509. The summed E-state index contributed by atoms with van der Waals surface area (Å²) in [5.41, 5.74) is 2.31. The van der Waals surface area contributed by atoms with E-state index in [2.05, 4.69) is 10.3 Å². The van der Waals surface area contributed by atoms with Gasteiger partial charge in [-0.2, -0.15) is 5.26 Å². The molecule has 3 rings (SSSR count). The van der Waals surface area contributed by atoms with Gasteiger partial charge in [-0.3, -0.25) is 10.1 Å². The number of ether oxygens (including phenoxy) is 2. The number of carbonyl (C=O) groups is 1. The van der Waals surface area contributed by atoms with Gasteiger partial charge in [0.2, 0.25) is 0 Å². The van der Waals surface area contributed by atoms with Gasteiger partial charge >= 0.3 is 0 Å². The quantitative estimate of drug-likeness (QED) is 0.498. The summed E-state index contributed by atoms with van der Waals surface area (Å²) in [6.45, 7) is 0. The minimum absolute atomic E-state index is 0.0108. The number of anilines is 1. The van der Waals surface area contributed by atoms with Crippen molar-refractivity contribution in [2.45, 2.75) is 0 Å².